The van der Waals surface area contributed by atoms with E-state index in [4.69, 9.17) is 10.00 Å². The Kier molecular flexibility index (Phi) is 1.85. The molecule has 0 unspecified atom stereocenters. The molecule has 1 aromatic rings. The van der Waals surface area contributed by atoms with Gasteiger partial charge in [0.05, 0.1) is 22.9 Å². The first-order chi connectivity index (χ1) is 6.61. The van der Waals surface area contributed by atoms with Crippen molar-refractivity contribution in [3.63, 3.8) is 0 Å². The molecule has 1 heterocycles. The van der Waals surface area contributed by atoms with E-state index < -0.39 is 0 Å². The summed E-state index contributed by atoms with van der Waals surface area (Å²) in [7, 11) is 0. The maximum Gasteiger partial charge on any atom is 0.142 e. The molecule has 14 heavy (non-hydrogen) atoms. The molecule has 0 aromatic heterocycles. The lowest BCUT2D eigenvalue weighted by atomic mass is 10.0. The molecule has 0 atom stereocenters. The number of ether oxygens (including phenoxy) is 1. The maximum atomic E-state index is 8.75. The summed E-state index contributed by atoms with van der Waals surface area (Å²) in [6, 6.07) is 7.52. The van der Waals surface area contributed by atoms with E-state index >= 15 is 0 Å². The molecule has 3 nitrogen and oxygen atoms in total. The molecular weight excluding hydrogens is 176 g/mol. The van der Waals surface area contributed by atoms with E-state index in [0.717, 1.165) is 11.4 Å². The third-order valence-electron chi connectivity index (χ3n) is 2.17. The summed E-state index contributed by atoms with van der Waals surface area (Å²) in [5, 5.41) is 12.1. The van der Waals surface area contributed by atoms with Crippen LogP contribution in [0.1, 0.15) is 19.4 Å². The van der Waals surface area contributed by atoms with Gasteiger partial charge < -0.3 is 10.1 Å². The molecule has 2 rings (SSSR count). The first kappa shape index (κ1) is 8.89. The van der Waals surface area contributed by atoms with Gasteiger partial charge in [0.2, 0.25) is 0 Å². The predicted molar refractivity (Wildman–Crippen MR) is 54.4 cm³/mol. The average molecular weight is 188 g/mol. The summed E-state index contributed by atoms with van der Waals surface area (Å²) in [4.78, 5) is 0. The van der Waals surface area contributed by atoms with Crippen LogP contribution in [0.3, 0.4) is 0 Å². The van der Waals surface area contributed by atoms with Gasteiger partial charge in [-0.15, -0.1) is 0 Å². The van der Waals surface area contributed by atoms with Gasteiger partial charge in [-0.05, 0) is 32.0 Å². The lowest BCUT2D eigenvalue weighted by Gasteiger charge is -2.33. The van der Waals surface area contributed by atoms with E-state index in [1.807, 2.05) is 12.1 Å². The molecule has 1 aliphatic heterocycles. The number of hydrogen-bond acceptors (Lipinski definition) is 3. The SMILES string of the molecule is CC1(C)COc2ccc(C#N)cc2N1. The van der Waals surface area contributed by atoms with Gasteiger partial charge in [-0.2, -0.15) is 5.26 Å². The number of nitrogens with zero attached hydrogens (tertiary/aromatic N) is 1. The van der Waals surface area contributed by atoms with Crippen LogP contribution in [0, 0.1) is 11.3 Å². The van der Waals surface area contributed by atoms with Crippen LogP contribution in [0.25, 0.3) is 0 Å². The van der Waals surface area contributed by atoms with Crippen molar-refractivity contribution in [1.82, 2.24) is 0 Å². The van der Waals surface area contributed by atoms with Crippen LogP contribution < -0.4 is 10.1 Å². The summed E-state index contributed by atoms with van der Waals surface area (Å²) in [5.74, 6) is 0.823. The third kappa shape index (κ3) is 1.51. The lowest BCUT2D eigenvalue weighted by molar-refractivity contribution is 0.242. The molecule has 0 bridgehead atoms. The Morgan fingerprint density at radius 3 is 3.00 bits per heavy atom. The number of benzene rings is 1. The highest BCUT2D eigenvalue weighted by Gasteiger charge is 2.25. The molecule has 0 fully saturated rings. The molecule has 1 N–H and O–H groups in total. The molecule has 1 aromatic carbocycles. The van der Waals surface area contributed by atoms with Gasteiger partial charge in [0.1, 0.15) is 12.4 Å². The van der Waals surface area contributed by atoms with Crippen molar-refractivity contribution in [2.24, 2.45) is 0 Å². The Balaban J connectivity index is 2.40. The predicted octanol–water partition coefficient (Wildman–Crippen LogP) is 2.14. The van der Waals surface area contributed by atoms with Gasteiger partial charge in [-0.1, -0.05) is 0 Å². The molecule has 0 saturated heterocycles. The zero-order valence-corrected chi connectivity index (χ0v) is 8.29. The van der Waals surface area contributed by atoms with Gasteiger partial charge in [0, 0.05) is 0 Å². The van der Waals surface area contributed by atoms with Gasteiger partial charge in [-0.25, -0.2) is 0 Å². The topological polar surface area (TPSA) is 45.0 Å². The summed E-state index contributed by atoms with van der Waals surface area (Å²) in [6.45, 7) is 4.77. The summed E-state index contributed by atoms with van der Waals surface area (Å²) >= 11 is 0. The Hall–Kier alpha value is -1.69. The van der Waals surface area contributed by atoms with Crippen molar-refractivity contribution in [1.29, 1.82) is 5.26 Å². The van der Waals surface area contributed by atoms with Gasteiger partial charge in [-0.3, -0.25) is 0 Å². The second-order valence-electron chi connectivity index (χ2n) is 4.12. The van der Waals surface area contributed by atoms with Crippen molar-refractivity contribution in [3.05, 3.63) is 23.8 Å². The lowest BCUT2D eigenvalue weighted by Crippen LogP contribution is -2.40. The highest BCUT2D eigenvalue weighted by Crippen LogP contribution is 2.32. The Labute approximate surface area is 83.3 Å². The second kappa shape index (κ2) is 2.91. The fourth-order valence-electron chi connectivity index (χ4n) is 1.48. The second-order valence-corrected chi connectivity index (χ2v) is 4.12. The largest absolute Gasteiger partial charge is 0.489 e. The van der Waals surface area contributed by atoms with Crippen LogP contribution in [-0.4, -0.2) is 12.1 Å². The van der Waals surface area contributed by atoms with Gasteiger partial charge in [0.15, 0.2) is 0 Å². The number of anilines is 1. The molecule has 0 radical (unpaired) electrons. The van der Waals surface area contributed by atoms with E-state index in [9.17, 15) is 0 Å². The van der Waals surface area contributed by atoms with Crippen LogP contribution in [0.2, 0.25) is 0 Å². The Bertz CT molecular complexity index is 404. The van der Waals surface area contributed by atoms with E-state index in [0.29, 0.717) is 12.2 Å². The first-order valence-corrected chi connectivity index (χ1v) is 4.56. The van der Waals surface area contributed by atoms with E-state index in [-0.39, 0.29) is 5.54 Å². The van der Waals surface area contributed by atoms with E-state index in [2.05, 4.69) is 25.2 Å². The number of hydrogen-bond donors (Lipinski definition) is 1. The normalized spacial score (nSPS) is 17.2. The van der Waals surface area contributed by atoms with Crippen LogP contribution in [0.15, 0.2) is 18.2 Å². The van der Waals surface area contributed by atoms with Gasteiger partial charge in [0.25, 0.3) is 0 Å². The first-order valence-electron chi connectivity index (χ1n) is 4.56. The zero-order chi connectivity index (χ0) is 10.2. The molecule has 3 heteroatoms. The fraction of sp³-hybridized carbons (Fsp3) is 0.364. The van der Waals surface area contributed by atoms with Crippen molar-refractivity contribution >= 4 is 5.69 Å². The molecular formula is C11H12N2O. The van der Waals surface area contributed by atoms with E-state index in [1.165, 1.54) is 0 Å². The fourth-order valence-corrected chi connectivity index (χ4v) is 1.48. The van der Waals surface area contributed by atoms with Crippen molar-refractivity contribution in [2.45, 2.75) is 19.4 Å². The minimum Gasteiger partial charge on any atom is -0.489 e. The van der Waals surface area contributed by atoms with Crippen molar-refractivity contribution in [2.75, 3.05) is 11.9 Å². The van der Waals surface area contributed by atoms with Crippen LogP contribution in [0.5, 0.6) is 5.75 Å². The molecule has 0 spiro atoms. The average Bonchev–Trinajstić information content (AvgIpc) is 2.15. The molecule has 0 amide bonds. The molecule has 0 saturated carbocycles. The van der Waals surface area contributed by atoms with Crippen molar-refractivity contribution in [3.8, 4) is 11.8 Å². The molecule has 0 aliphatic carbocycles. The Morgan fingerprint density at radius 1 is 1.50 bits per heavy atom. The Morgan fingerprint density at radius 2 is 2.29 bits per heavy atom. The third-order valence-corrected chi connectivity index (χ3v) is 2.17. The monoisotopic (exact) mass is 188 g/mol. The molecule has 72 valence electrons. The zero-order valence-electron chi connectivity index (χ0n) is 8.29. The highest BCUT2D eigenvalue weighted by atomic mass is 16.5. The van der Waals surface area contributed by atoms with Crippen LogP contribution in [-0.2, 0) is 0 Å². The van der Waals surface area contributed by atoms with E-state index in [1.54, 1.807) is 6.07 Å². The summed E-state index contributed by atoms with van der Waals surface area (Å²) < 4.78 is 5.57. The smallest absolute Gasteiger partial charge is 0.142 e. The maximum absolute atomic E-state index is 8.75. The summed E-state index contributed by atoms with van der Waals surface area (Å²) in [6.07, 6.45) is 0. The highest BCUT2D eigenvalue weighted by molar-refractivity contribution is 5.62. The molecule has 1 aliphatic rings. The number of nitrogens with one attached hydrogen (secondary N) is 1. The van der Waals surface area contributed by atoms with Crippen molar-refractivity contribution < 1.29 is 4.74 Å². The minimum atomic E-state index is -0.0684. The standard InChI is InChI=1S/C11H12N2O/c1-11(2)7-14-10-4-3-8(6-12)5-9(10)13-11/h3-5,13H,7H2,1-2H3. The minimum absolute atomic E-state index is 0.0684. The van der Waals surface area contributed by atoms with Crippen LogP contribution in [0.4, 0.5) is 5.69 Å². The summed E-state index contributed by atoms with van der Waals surface area (Å²) in [5.41, 5.74) is 1.49. The van der Waals surface area contributed by atoms with Gasteiger partial charge >= 0.3 is 0 Å². The quantitative estimate of drug-likeness (QED) is 0.678. The van der Waals surface area contributed by atoms with Crippen LogP contribution >= 0.6 is 0 Å². The number of nitriles is 1. The number of rotatable bonds is 0. The number of fused-ring (bicyclic) bond motifs is 1.